The molecule has 1 heteroatoms. The van der Waals surface area contributed by atoms with Crippen LogP contribution in [0.25, 0.3) is 0 Å². The Morgan fingerprint density at radius 1 is 1.36 bits per heavy atom. The van der Waals surface area contributed by atoms with Crippen molar-refractivity contribution in [3.8, 4) is 5.75 Å². The number of aryl methyl sites for hydroxylation is 2. The first-order chi connectivity index (χ1) is 5.25. The molecular formula is C10H14O. The van der Waals surface area contributed by atoms with Crippen molar-refractivity contribution in [2.45, 2.75) is 26.7 Å². The van der Waals surface area contributed by atoms with Crippen LogP contribution in [0.4, 0.5) is 0 Å². The Hall–Kier alpha value is -0.980. The van der Waals surface area contributed by atoms with Gasteiger partial charge in [-0.1, -0.05) is 31.5 Å². The van der Waals surface area contributed by atoms with Crippen molar-refractivity contribution < 1.29 is 5.11 Å². The van der Waals surface area contributed by atoms with E-state index in [1.165, 1.54) is 0 Å². The summed E-state index contributed by atoms with van der Waals surface area (Å²) >= 11 is 0. The van der Waals surface area contributed by atoms with Gasteiger partial charge in [0, 0.05) is 0 Å². The molecule has 0 aliphatic carbocycles. The van der Waals surface area contributed by atoms with E-state index in [4.69, 9.17) is 0 Å². The van der Waals surface area contributed by atoms with Gasteiger partial charge in [0.05, 0.1) is 0 Å². The van der Waals surface area contributed by atoms with Gasteiger partial charge in [0.25, 0.3) is 0 Å². The maximum Gasteiger partial charge on any atom is 0.121 e. The molecule has 1 rings (SSSR count). The molecule has 0 aromatic heterocycles. The molecule has 1 nitrogen and oxygen atoms in total. The monoisotopic (exact) mass is 150 g/mol. The zero-order valence-corrected chi connectivity index (χ0v) is 7.09. The van der Waals surface area contributed by atoms with Crippen molar-refractivity contribution >= 4 is 0 Å². The van der Waals surface area contributed by atoms with E-state index < -0.39 is 0 Å². The van der Waals surface area contributed by atoms with Crippen molar-refractivity contribution in [3.63, 3.8) is 0 Å². The van der Waals surface area contributed by atoms with E-state index in [-0.39, 0.29) is 0 Å². The highest BCUT2D eigenvalue weighted by atomic mass is 16.3. The van der Waals surface area contributed by atoms with Gasteiger partial charge in [0.2, 0.25) is 0 Å². The smallest absolute Gasteiger partial charge is 0.121 e. The topological polar surface area (TPSA) is 20.2 Å². The minimum Gasteiger partial charge on any atom is -0.507 e. The Balaban J connectivity index is 2.96. The third kappa shape index (κ3) is 1.73. The molecule has 0 fully saturated rings. The van der Waals surface area contributed by atoms with Crippen LogP contribution in [-0.4, -0.2) is 5.11 Å². The minimum absolute atomic E-state index is 0.467. The van der Waals surface area contributed by atoms with E-state index in [0.29, 0.717) is 5.75 Å². The molecule has 0 heterocycles. The first-order valence-corrected chi connectivity index (χ1v) is 4.03. The molecule has 1 N–H and O–H groups in total. The van der Waals surface area contributed by atoms with Gasteiger partial charge in [-0.05, 0) is 24.5 Å². The predicted octanol–water partition coefficient (Wildman–Crippen LogP) is 2.65. The fourth-order valence-corrected chi connectivity index (χ4v) is 1.19. The summed E-state index contributed by atoms with van der Waals surface area (Å²) in [5.41, 5.74) is 2.03. The normalized spacial score (nSPS) is 10.0. The highest BCUT2D eigenvalue weighted by Gasteiger charge is 2.00. The van der Waals surface area contributed by atoms with Crippen molar-refractivity contribution in [3.05, 3.63) is 29.3 Å². The summed E-state index contributed by atoms with van der Waals surface area (Å²) in [6.07, 6.45) is 2.05. The molecule has 0 atom stereocenters. The Bertz CT molecular complexity index is 241. The van der Waals surface area contributed by atoms with Gasteiger partial charge in [0.1, 0.15) is 5.75 Å². The third-order valence-electron chi connectivity index (χ3n) is 1.84. The van der Waals surface area contributed by atoms with Crippen LogP contribution in [0.15, 0.2) is 18.2 Å². The molecule has 0 saturated carbocycles. The largest absolute Gasteiger partial charge is 0.507 e. The summed E-state index contributed by atoms with van der Waals surface area (Å²) in [6, 6.07) is 5.89. The number of hydrogen-bond donors (Lipinski definition) is 1. The van der Waals surface area contributed by atoms with E-state index in [1.54, 1.807) is 0 Å². The molecular weight excluding hydrogens is 136 g/mol. The van der Waals surface area contributed by atoms with E-state index >= 15 is 0 Å². The second-order valence-electron chi connectivity index (χ2n) is 2.83. The highest BCUT2D eigenvalue weighted by Crippen LogP contribution is 2.22. The van der Waals surface area contributed by atoms with Crippen LogP contribution >= 0.6 is 0 Å². The van der Waals surface area contributed by atoms with Crippen LogP contribution in [0.5, 0.6) is 5.75 Å². The van der Waals surface area contributed by atoms with Crippen LogP contribution in [0.3, 0.4) is 0 Å². The van der Waals surface area contributed by atoms with Gasteiger partial charge in [-0.2, -0.15) is 0 Å². The summed E-state index contributed by atoms with van der Waals surface area (Å²) in [5, 5.41) is 9.53. The molecule has 1 aromatic rings. The lowest BCUT2D eigenvalue weighted by atomic mass is 10.1. The number of phenols is 1. The quantitative estimate of drug-likeness (QED) is 0.687. The van der Waals surface area contributed by atoms with Gasteiger partial charge in [-0.15, -0.1) is 0 Å². The first-order valence-electron chi connectivity index (χ1n) is 4.03. The van der Waals surface area contributed by atoms with Crippen LogP contribution in [-0.2, 0) is 6.42 Å². The van der Waals surface area contributed by atoms with Crippen LogP contribution < -0.4 is 0 Å². The molecule has 1 aromatic carbocycles. The van der Waals surface area contributed by atoms with Crippen LogP contribution in [0.2, 0.25) is 0 Å². The summed E-state index contributed by atoms with van der Waals surface area (Å²) < 4.78 is 0. The second kappa shape index (κ2) is 3.42. The maximum absolute atomic E-state index is 9.53. The molecule has 0 bridgehead atoms. The molecule has 11 heavy (non-hydrogen) atoms. The lowest BCUT2D eigenvalue weighted by Gasteiger charge is -2.04. The van der Waals surface area contributed by atoms with Gasteiger partial charge in [-0.25, -0.2) is 0 Å². The second-order valence-corrected chi connectivity index (χ2v) is 2.83. The lowest BCUT2D eigenvalue weighted by Crippen LogP contribution is -1.85. The number of hydrogen-bond acceptors (Lipinski definition) is 1. The summed E-state index contributed by atoms with van der Waals surface area (Å²) in [6.45, 7) is 4.04. The molecule has 0 aliphatic heterocycles. The van der Waals surface area contributed by atoms with Crippen molar-refractivity contribution in [2.75, 3.05) is 0 Å². The predicted molar refractivity (Wildman–Crippen MR) is 46.8 cm³/mol. The number of rotatable bonds is 2. The van der Waals surface area contributed by atoms with Crippen molar-refractivity contribution in [1.82, 2.24) is 0 Å². The van der Waals surface area contributed by atoms with E-state index in [0.717, 1.165) is 24.0 Å². The zero-order valence-electron chi connectivity index (χ0n) is 7.09. The third-order valence-corrected chi connectivity index (χ3v) is 1.84. The molecule has 0 radical (unpaired) electrons. The molecule has 0 spiro atoms. The van der Waals surface area contributed by atoms with Crippen LogP contribution in [0.1, 0.15) is 24.5 Å². The zero-order chi connectivity index (χ0) is 8.27. The Morgan fingerprint density at radius 2 is 2.09 bits per heavy atom. The first kappa shape index (κ1) is 8.12. The molecule has 0 unspecified atom stereocenters. The summed E-state index contributed by atoms with van der Waals surface area (Å²) in [5.74, 6) is 0.467. The summed E-state index contributed by atoms with van der Waals surface area (Å²) in [4.78, 5) is 0. The number of benzene rings is 1. The Morgan fingerprint density at radius 3 is 2.73 bits per heavy atom. The standard InChI is InChI=1S/C10H14O/c1-3-5-9-7-4-6-8(2)10(9)11/h4,6-7,11H,3,5H2,1-2H3. The fraction of sp³-hybridized carbons (Fsp3) is 0.400. The Kier molecular flexibility index (Phi) is 2.53. The summed E-state index contributed by atoms with van der Waals surface area (Å²) in [7, 11) is 0. The molecule has 0 amide bonds. The van der Waals surface area contributed by atoms with E-state index in [9.17, 15) is 5.11 Å². The number of phenolic OH excluding ortho intramolecular Hbond substituents is 1. The molecule has 0 aliphatic rings. The molecule has 0 saturated heterocycles. The minimum atomic E-state index is 0.467. The van der Waals surface area contributed by atoms with Crippen LogP contribution in [0, 0.1) is 6.92 Å². The van der Waals surface area contributed by atoms with Crippen molar-refractivity contribution in [1.29, 1.82) is 0 Å². The number of para-hydroxylation sites is 1. The Labute approximate surface area is 67.7 Å². The highest BCUT2D eigenvalue weighted by molar-refractivity contribution is 5.39. The lowest BCUT2D eigenvalue weighted by molar-refractivity contribution is 0.463. The van der Waals surface area contributed by atoms with Gasteiger partial charge >= 0.3 is 0 Å². The SMILES string of the molecule is CCCc1cccc(C)c1O. The fourth-order valence-electron chi connectivity index (χ4n) is 1.19. The van der Waals surface area contributed by atoms with E-state index in [1.807, 2.05) is 25.1 Å². The van der Waals surface area contributed by atoms with E-state index in [2.05, 4.69) is 6.92 Å². The van der Waals surface area contributed by atoms with Crippen molar-refractivity contribution in [2.24, 2.45) is 0 Å². The van der Waals surface area contributed by atoms with Gasteiger partial charge < -0.3 is 5.11 Å². The number of aromatic hydroxyl groups is 1. The van der Waals surface area contributed by atoms with Gasteiger partial charge in [-0.3, -0.25) is 0 Å². The average Bonchev–Trinajstić information content (AvgIpc) is 1.99. The average molecular weight is 150 g/mol. The van der Waals surface area contributed by atoms with Gasteiger partial charge in [0.15, 0.2) is 0 Å². The maximum atomic E-state index is 9.53. The molecule has 60 valence electrons.